The molecule has 136 valence electrons. The molecule has 1 aromatic carbocycles. The van der Waals surface area contributed by atoms with Crippen molar-refractivity contribution in [2.24, 2.45) is 0 Å². The zero-order valence-corrected chi connectivity index (χ0v) is 15.3. The summed E-state index contributed by atoms with van der Waals surface area (Å²) in [6, 6.07) is 9.70. The van der Waals surface area contributed by atoms with Crippen LogP contribution in [0.2, 0.25) is 0 Å². The lowest BCUT2D eigenvalue weighted by Crippen LogP contribution is -2.25. The van der Waals surface area contributed by atoms with E-state index in [2.05, 4.69) is 10.1 Å². The van der Waals surface area contributed by atoms with Gasteiger partial charge in [0, 0.05) is 6.04 Å². The summed E-state index contributed by atoms with van der Waals surface area (Å²) >= 11 is 0. The highest BCUT2D eigenvalue weighted by Gasteiger charge is 2.31. The molecular formula is C18H20N4O3S. The maximum Gasteiger partial charge on any atom is 0.264 e. The molecule has 1 saturated heterocycles. The van der Waals surface area contributed by atoms with Crippen molar-refractivity contribution in [3.8, 4) is 0 Å². The van der Waals surface area contributed by atoms with Crippen molar-refractivity contribution in [1.82, 2.24) is 19.3 Å². The van der Waals surface area contributed by atoms with E-state index in [-0.39, 0.29) is 29.1 Å². The van der Waals surface area contributed by atoms with Crippen LogP contribution in [-0.4, -0.2) is 39.3 Å². The Bertz CT molecular complexity index is 1100. The highest BCUT2D eigenvalue weighted by atomic mass is 32.2. The number of sulfone groups is 1. The Balaban J connectivity index is 1.67. The number of fused-ring (bicyclic) bond motifs is 1. The lowest BCUT2D eigenvalue weighted by Gasteiger charge is -2.15. The molecule has 0 saturated carbocycles. The van der Waals surface area contributed by atoms with E-state index in [9.17, 15) is 13.2 Å². The summed E-state index contributed by atoms with van der Waals surface area (Å²) in [5.41, 5.74) is 1.46. The number of hydrogen-bond acceptors (Lipinski definition) is 5. The van der Waals surface area contributed by atoms with Gasteiger partial charge < -0.3 is 0 Å². The van der Waals surface area contributed by atoms with Gasteiger partial charge in [-0.2, -0.15) is 5.10 Å². The third-order valence-electron chi connectivity index (χ3n) is 4.94. The minimum absolute atomic E-state index is 0.0444. The van der Waals surface area contributed by atoms with E-state index in [1.54, 1.807) is 15.6 Å². The summed E-state index contributed by atoms with van der Waals surface area (Å²) in [5.74, 6) is 0.211. The van der Waals surface area contributed by atoms with E-state index in [4.69, 9.17) is 0 Å². The van der Waals surface area contributed by atoms with E-state index in [1.165, 1.54) is 6.20 Å². The molecule has 0 N–H and O–H groups in total. The molecule has 8 heteroatoms. The third-order valence-corrected chi connectivity index (χ3v) is 6.69. The number of benzene rings is 1. The number of rotatable bonds is 4. The molecule has 2 aromatic heterocycles. The van der Waals surface area contributed by atoms with Gasteiger partial charge in [0.15, 0.2) is 15.5 Å². The molecule has 26 heavy (non-hydrogen) atoms. The van der Waals surface area contributed by atoms with Crippen molar-refractivity contribution in [2.45, 2.75) is 31.8 Å². The summed E-state index contributed by atoms with van der Waals surface area (Å²) in [4.78, 5) is 17.3. The standard InChI is InChI=1S/C18H20N4O3S/c1-13(9-14-5-3-2-4-6-14)21-12-19-17-16(18(21)23)10-20-22(17)15-7-8-26(24,25)11-15/h2-6,10,12-13,15H,7-9,11H2,1H3. The quantitative estimate of drug-likeness (QED) is 0.696. The molecule has 1 aliphatic heterocycles. The fourth-order valence-electron chi connectivity index (χ4n) is 3.55. The summed E-state index contributed by atoms with van der Waals surface area (Å²) in [7, 11) is -3.03. The molecule has 0 bridgehead atoms. The molecule has 4 rings (SSSR count). The van der Waals surface area contributed by atoms with Crippen LogP contribution in [0.25, 0.3) is 11.0 Å². The minimum atomic E-state index is -3.03. The van der Waals surface area contributed by atoms with Gasteiger partial charge in [-0.25, -0.2) is 18.1 Å². The van der Waals surface area contributed by atoms with Crippen LogP contribution in [0.1, 0.15) is 31.0 Å². The zero-order chi connectivity index (χ0) is 18.3. The molecule has 7 nitrogen and oxygen atoms in total. The first-order valence-corrected chi connectivity index (χ1v) is 10.5. The molecule has 1 aliphatic rings. The Labute approximate surface area is 151 Å². The second kappa shape index (κ2) is 6.35. The predicted octanol–water partition coefficient (Wildman–Crippen LogP) is 1.76. The Morgan fingerprint density at radius 3 is 2.73 bits per heavy atom. The van der Waals surface area contributed by atoms with Gasteiger partial charge in [-0.3, -0.25) is 9.36 Å². The normalized spacial score (nSPS) is 20.4. The molecule has 0 aliphatic carbocycles. The molecule has 2 atom stereocenters. The van der Waals surface area contributed by atoms with E-state index >= 15 is 0 Å². The lowest BCUT2D eigenvalue weighted by molar-refractivity contribution is 0.505. The summed E-state index contributed by atoms with van der Waals surface area (Å²) in [6.07, 6.45) is 4.28. The number of hydrogen-bond donors (Lipinski definition) is 0. The second-order valence-electron chi connectivity index (χ2n) is 6.88. The van der Waals surface area contributed by atoms with Gasteiger partial charge in [-0.1, -0.05) is 30.3 Å². The summed E-state index contributed by atoms with van der Waals surface area (Å²) in [6.45, 7) is 1.98. The van der Waals surface area contributed by atoms with Gasteiger partial charge in [0.05, 0.1) is 23.7 Å². The first kappa shape index (κ1) is 17.0. The molecule has 0 spiro atoms. The predicted molar refractivity (Wildman–Crippen MR) is 99.0 cm³/mol. The van der Waals surface area contributed by atoms with E-state index in [0.717, 1.165) is 12.0 Å². The van der Waals surface area contributed by atoms with Crippen LogP contribution in [0.3, 0.4) is 0 Å². The van der Waals surface area contributed by atoms with Gasteiger partial charge in [-0.05, 0) is 25.3 Å². The third kappa shape index (κ3) is 3.05. The Kier molecular flexibility index (Phi) is 4.14. The monoisotopic (exact) mass is 372 g/mol. The Morgan fingerprint density at radius 2 is 2.04 bits per heavy atom. The molecule has 2 unspecified atom stereocenters. The van der Waals surface area contributed by atoms with Crippen molar-refractivity contribution in [2.75, 3.05) is 11.5 Å². The van der Waals surface area contributed by atoms with Crippen molar-refractivity contribution in [3.63, 3.8) is 0 Å². The molecule has 3 heterocycles. The van der Waals surface area contributed by atoms with Gasteiger partial charge in [0.25, 0.3) is 5.56 Å². The van der Waals surface area contributed by atoms with Gasteiger partial charge in [0.1, 0.15) is 11.7 Å². The van der Waals surface area contributed by atoms with Crippen molar-refractivity contribution < 1.29 is 8.42 Å². The first-order valence-electron chi connectivity index (χ1n) is 8.63. The molecule has 3 aromatic rings. The van der Waals surface area contributed by atoms with Crippen molar-refractivity contribution in [3.05, 3.63) is 58.8 Å². The first-order chi connectivity index (χ1) is 12.4. The van der Waals surface area contributed by atoms with E-state index in [1.807, 2.05) is 37.3 Å². The zero-order valence-electron chi connectivity index (χ0n) is 14.4. The smallest absolute Gasteiger partial charge is 0.264 e. The van der Waals surface area contributed by atoms with E-state index in [0.29, 0.717) is 17.5 Å². The van der Waals surface area contributed by atoms with Crippen LogP contribution in [-0.2, 0) is 16.3 Å². The Morgan fingerprint density at radius 1 is 1.27 bits per heavy atom. The lowest BCUT2D eigenvalue weighted by atomic mass is 10.1. The van der Waals surface area contributed by atoms with Crippen LogP contribution >= 0.6 is 0 Å². The topological polar surface area (TPSA) is 86.8 Å². The highest BCUT2D eigenvalue weighted by Crippen LogP contribution is 2.25. The Hall–Kier alpha value is -2.48. The van der Waals surface area contributed by atoms with E-state index < -0.39 is 9.84 Å². The maximum absolute atomic E-state index is 12.9. The van der Waals surface area contributed by atoms with Crippen LogP contribution < -0.4 is 5.56 Å². The number of aromatic nitrogens is 4. The second-order valence-corrected chi connectivity index (χ2v) is 9.11. The van der Waals surface area contributed by atoms with Crippen LogP contribution in [0.4, 0.5) is 0 Å². The van der Waals surface area contributed by atoms with Crippen molar-refractivity contribution in [1.29, 1.82) is 0 Å². The van der Waals surface area contributed by atoms with Crippen LogP contribution in [0.15, 0.2) is 47.7 Å². The number of nitrogens with zero attached hydrogens (tertiary/aromatic N) is 4. The molecule has 0 amide bonds. The van der Waals surface area contributed by atoms with Crippen LogP contribution in [0.5, 0.6) is 0 Å². The average molecular weight is 372 g/mol. The molecule has 0 radical (unpaired) electrons. The fraction of sp³-hybridized carbons (Fsp3) is 0.389. The summed E-state index contributed by atoms with van der Waals surface area (Å²) in [5, 5.41) is 4.69. The minimum Gasteiger partial charge on any atom is -0.295 e. The molecular weight excluding hydrogens is 352 g/mol. The molecule has 1 fully saturated rings. The fourth-order valence-corrected chi connectivity index (χ4v) is 5.24. The highest BCUT2D eigenvalue weighted by molar-refractivity contribution is 7.91. The van der Waals surface area contributed by atoms with Crippen molar-refractivity contribution >= 4 is 20.9 Å². The maximum atomic E-state index is 12.9. The van der Waals surface area contributed by atoms with Gasteiger partial charge in [0.2, 0.25) is 0 Å². The van der Waals surface area contributed by atoms with Gasteiger partial charge in [-0.15, -0.1) is 0 Å². The largest absolute Gasteiger partial charge is 0.295 e. The SMILES string of the molecule is CC(Cc1ccccc1)n1cnc2c(cnn2C2CCS(=O)(=O)C2)c1=O. The summed E-state index contributed by atoms with van der Waals surface area (Å²) < 4.78 is 26.7. The van der Waals surface area contributed by atoms with Gasteiger partial charge >= 0.3 is 0 Å². The van der Waals surface area contributed by atoms with Crippen LogP contribution in [0, 0.1) is 0 Å². The average Bonchev–Trinajstić information content (AvgIpc) is 3.19.